The molecule has 2 aromatic carbocycles. The quantitative estimate of drug-likeness (QED) is 0.432. The van der Waals surface area contributed by atoms with Crippen molar-refractivity contribution in [3.05, 3.63) is 72.2 Å². The van der Waals surface area contributed by atoms with Crippen molar-refractivity contribution in [3.63, 3.8) is 0 Å². The number of anilines is 1. The van der Waals surface area contributed by atoms with E-state index < -0.39 is 0 Å². The van der Waals surface area contributed by atoms with Crippen molar-refractivity contribution in [2.24, 2.45) is 0 Å². The van der Waals surface area contributed by atoms with Crippen LogP contribution in [0.15, 0.2) is 60.8 Å². The van der Waals surface area contributed by atoms with Crippen LogP contribution in [-0.2, 0) is 11.3 Å². The minimum Gasteiger partial charge on any atom is -0.378 e. The van der Waals surface area contributed by atoms with Crippen LogP contribution in [0.2, 0.25) is 0 Å². The van der Waals surface area contributed by atoms with Crippen molar-refractivity contribution in [3.8, 4) is 11.4 Å². The molecule has 2 fully saturated rings. The first kappa shape index (κ1) is 22.1. The molecule has 0 amide bonds. The summed E-state index contributed by atoms with van der Waals surface area (Å²) >= 11 is 0. The highest BCUT2D eigenvalue weighted by molar-refractivity contribution is 5.89. The van der Waals surface area contributed by atoms with Gasteiger partial charge in [0.1, 0.15) is 11.6 Å². The molecule has 0 spiro atoms. The summed E-state index contributed by atoms with van der Waals surface area (Å²) in [4.78, 5) is 14.5. The highest BCUT2D eigenvalue weighted by atomic mass is 19.1. The fourth-order valence-electron chi connectivity index (χ4n) is 5.11. The van der Waals surface area contributed by atoms with Gasteiger partial charge in [0.15, 0.2) is 11.5 Å². The van der Waals surface area contributed by atoms with E-state index in [1.54, 1.807) is 6.07 Å². The van der Waals surface area contributed by atoms with Crippen LogP contribution < -0.4 is 4.90 Å². The van der Waals surface area contributed by atoms with Crippen LogP contribution in [0.4, 0.5) is 10.2 Å². The van der Waals surface area contributed by atoms with Gasteiger partial charge in [0.05, 0.1) is 30.8 Å². The maximum Gasteiger partial charge on any atom is 0.164 e. The zero-order chi connectivity index (χ0) is 23.6. The van der Waals surface area contributed by atoms with Gasteiger partial charge in [-0.1, -0.05) is 42.5 Å². The summed E-state index contributed by atoms with van der Waals surface area (Å²) in [6, 6.07) is 17.4. The number of hydrogen-bond acceptors (Lipinski definition) is 6. The first-order valence-electron chi connectivity index (χ1n) is 12.3. The van der Waals surface area contributed by atoms with Crippen LogP contribution in [0, 0.1) is 5.82 Å². The fraction of sp³-hybridized carbons (Fsp3) is 0.370. The van der Waals surface area contributed by atoms with E-state index in [2.05, 4.69) is 44.8 Å². The van der Waals surface area contributed by atoms with E-state index in [0.29, 0.717) is 24.6 Å². The Morgan fingerprint density at radius 2 is 1.71 bits per heavy atom. The van der Waals surface area contributed by atoms with E-state index >= 15 is 0 Å². The highest BCUT2D eigenvalue weighted by Crippen LogP contribution is 2.32. The van der Waals surface area contributed by atoms with Gasteiger partial charge < -0.3 is 9.64 Å². The Morgan fingerprint density at radius 3 is 2.49 bits per heavy atom. The molecule has 4 heterocycles. The smallest absolute Gasteiger partial charge is 0.164 e. The van der Waals surface area contributed by atoms with Crippen molar-refractivity contribution in [1.82, 2.24) is 24.6 Å². The molecule has 0 unspecified atom stereocenters. The van der Waals surface area contributed by atoms with Gasteiger partial charge in [0, 0.05) is 38.3 Å². The van der Waals surface area contributed by atoms with Gasteiger partial charge in [0.25, 0.3) is 0 Å². The third kappa shape index (κ3) is 4.63. The molecule has 0 radical (unpaired) electrons. The van der Waals surface area contributed by atoms with Crippen LogP contribution in [0.3, 0.4) is 0 Å². The van der Waals surface area contributed by atoms with Crippen LogP contribution in [0.25, 0.3) is 22.4 Å². The highest BCUT2D eigenvalue weighted by Gasteiger charge is 2.26. The largest absolute Gasteiger partial charge is 0.378 e. The van der Waals surface area contributed by atoms with Crippen molar-refractivity contribution < 1.29 is 9.13 Å². The Morgan fingerprint density at radius 1 is 0.914 bits per heavy atom. The Hall–Kier alpha value is -3.36. The third-order valence-corrected chi connectivity index (χ3v) is 6.98. The molecule has 8 heteroatoms. The number of ether oxygens (including phenoxy) is 1. The Kier molecular flexibility index (Phi) is 6.14. The lowest BCUT2D eigenvalue weighted by molar-refractivity contribution is 0.122. The number of piperidine rings is 1. The van der Waals surface area contributed by atoms with Crippen LogP contribution >= 0.6 is 0 Å². The zero-order valence-electron chi connectivity index (χ0n) is 19.7. The molecule has 2 aliphatic rings. The Labute approximate surface area is 204 Å². The molecular weight excluding hydrogens is 443 g/mol. The number of fused-ring (bicyclic) bond motifs is 1. The fourth-order valence-corrected chi connectivity index (χ4v) is 5.11. The van der Waals surface area contributed by atoms with Gasteiger partial charge in [-0.25, -0.2) is 19.0 Å². The minimum atomic E-state index is -0.293. The molecule has 0 atom stereocenters. The number of likely N-dealkylation sites (tertiary alicyclic amines) is 1. The van der Waals surface area contributed by atoms with E-state index in [1.165, 1.54) is 17.7 Å². The molecular formula is C27H29FN6O. The summed E-state index contributed by atoms with van der Waals surface area (Å²) < 4.78 is 21.6. The van der Waals surface area contributed by atoms with Crippen molar-refractivity contribution in [1.29, 1.82) is 0 Å². The molecule has 2 aromatic heterocycles. The number of morpholine rings is 1. The first-order valence-corrected chi connectivity index (χ1v) is 12.3. The predicted molar refractivity (Wildman–Crippen MR) is 134 cm³/mol. The summed E-state index contributed by atoms with van der Waals surface area (Å²) in [6.07, 6.45) is 3.91. The second kappa shape index (κ2) is 9.71. The van der Waals surface area contributed by atoms with E-state index in [0.717, 1.165) is 62.4 Å². The third-order valence-electron chi connectivity index (χ3n) is 6.98. The molecule has 0 N–H and O–H groups in total. The second-order valence-corrected chi connectivity index (χ2v) is 9.30. The summed E-state index contributed by atoms with van der Waals surface area (Å²) in [5.74, 6) is 1.09. The topological polar surface area (TPSA) is 59.3 Å². The molecule has 2 aliphatic heterocycles. The van der Waals surface area contributed by atoms with E-state index in [1.807, 2.05) is 12.3 Å². The first-order chi connectivity index (χ1) is 17.2. The van der Waals surface area contributed by atoms with Crippen LogP contribution in [0.5, 0.6) is 0 Å². The lowest BCUT2D eigenvalue weighted by Gasteiger charge is -2.32. The molecule has 0 saturated carbocycles. The predicted octanol–water partition coefficient (Wildman–Crippen LogP) is 4.31. The summed E-state index contributed by atoms with van der Waals surface area (Å²) in [6.45, 7) is 5.84. The van der Waals surface area contributed by atoms with Gasteiger partial charge in [-0.3, -0.25) is 4.90 Å². The number of rotatable bonds is 5. The number of nitrogens with zero attached hydrogens (tertiary/aromatic N) is 6. The van der Waals surface area contributed by atoms with Gasteiger partial charge in [-0.2, -0.15) is 5.10 Å². The number of aromatic nitrogens is 4. The van der Waals surface area contributed by atoms with E-state index in [4.69, 9.17) is 19.8 Å². The molecule has 6 rings (SSSR count). The van der Waals surface area contributed by atoms with Gasteiger partial charge >= 0.3 is 0 Å². The second-order valence-electron chi connectivity index (χ2n) is 9.30. The summed E-state index contributed by atoms with van der Waals surface area (Å²) in [5, 5.41) is 5.74. The van der Waals surface area contributed by atoms with E-state index in [9.17, 15) is 4.39 Å². The lowest BCUT2D eigenvalue weighted by Crippen LogP contribution is -2.37. The average molecular weight is 473 g/mol. The molecule has 0 bridgehead atoms. The summed E-state index contributed by atoms with van der Waals surface area (Å²) in [5.41, 5.74) is 2.84. The maximum atomic E-state index is 14.0. The van der Waals surface area contributed by atoms with Crippen LogP contribution in [-0.4, -0.2) is 64.0 Å². The molecule has 35 heavy (non-hydrogen) atoms. The molecule has 4 aromatic rings. The SMILES string of the molecule is Fc1cccc(-c2nc(N3CCOCC3)c3cnn(C4CCN(Cc5ccccc5)CC4)c3n2)c1. The normalized spacial score (nSPS) is 17.8. The molecule has 0 aliphatic carbocycles. The van der Waals surface area contributed by atoms with Crippen molar-refractivity contribution in [2.45, 2.75) is 25.4 Å². The maximum absolute atomic E-state index is 14.0. The van der Waals surface area contributed by atoms with Gasteiger partial charge in [-0.05, 0) is 30.5 Å². The minimum absolute atomic E-state index is 0.271. The molecule has 7 nitrogen and oxygen atoms in total. The Balaban J connectivity index is 1.31. The van der Waals surface area contributed by atoms with Gasteiger partial charge in [0.2, 0.25) is 0 Å². The number of hydrogen-bond donors (Lipinski definition) is 0. The Bertz CT molecular complexity index is 1300. The zero-order valence-corrected chi connectivity index (χ0v) is 19.7. The monoisotopic (exact) mass is 472 g/mol. The van der Waals surface area contributed by atoms with E-state index in [-0.39, 0.29) is 11.9 Å². The van der Waals surface area contributed by atoms with Crippen molar-refractivity contribution >= 4 is 16.9 Å². The molecule has 180 valence electrons. The average Bonchev–Trinajstić information content (AvgIpc) is 3.34. The van der Waals surface area contributed by atoms with Crippen LogP contribution in [0.1, 0.15) is 24.4 Å². The summed E-state index contributed by atoms with van der Waals surface area (Å²) in [7, 11) is 0. The van der Waals surface area contributed by atoms with Gasteiger partial charge in [-0.15, -0.1) is 0 Å². The standard InChI is InChI=1S/C27H29FN6O/c28-22-8-4-7-21(17-22)25-30-26(33-13-15-35-16-14-33)24-18-29-34(27(24)31-25)23-9-11-32(12-10-23)19-20-5-2-1-3-6-20/h1-8,17-18,23H,9-16,19H2. The number of halogens is 1. The molecule has 2 saturated heterocycles. The van der Waals surface area contributed by atoms with Crippen molar-refractivity contribution in [2.75, 3.05) is 44.3 Å². The lowest BCUT2D eigenvalue weighted by atomic mass is 10.0. The number of benzene rings is 2.